The zero-order chi connectivity index (χ0) is 26.3. The maximum Gasteiger partial charge on any atom is 0.274 e. The van der Waals surface area contributed by atoms with E-state index in [9.17, 15) is 22.8 Å². The Kier molecular flexibility index (Phi) is 6.66. The number of furan rings is 1. The number of fused-ring (bicyclic) bond motifs is 1. The number of amides is 1. The van der Waals surface area contributed by atoms with E-state index in [-0.39, 0.29) is 37.2 Å². The van der Waals surface area contributed by atoms with Crippen molar-refractivity contribution in [2.75, 3.05) is 6.54 Å². The molecule has 1 saturated heterocycles. The fourth-order valence-corrected chi connectivity index (χ4v) is 5.81. The quantitative estimate of drug-likeness (QED) is 0.249. The highest BCUT2D eigenvalue weighted by Crippen LogP contribution is 2.36. The third-order valence-electron chi connectivity index (χ3n) is 6.68. The van der Waals surface area contributed by atoms with Crippen molar-refractivity contribution < 1.29 is 27.2 Å². The van der Waals surface area contributed by atoms with Gasteiger partial charge in [-0.1, -0.05) is 24.3 Å². The zero-order valence-corrected chi connectivity index (χ0v) is 21.2. The highest BCUT2D eigenvalue weighted by atomic mass is 32.1. The molecule has 3 heterocycles. The smallest absolute Gasteiger partial charge is 0.274 e. The summed E-state index contributed by atoms with van der Waals surface area (Å²) in [4.78, 5) is 32.8. The number of carbonyl (C=O) groups excluding carboxylic acids is 2. The topological polar surface area (TPSA) is 63.4 Å². The van der Waals surface area contributed by atoms with Gasteiger partial charge in [0.05, 0.1) is 16.4 Å². The number of halogens is 3. The molecule has 0 bridgehead atoms. The summed E-state index contributed by atoms with van der Waals surface area (Å²) in [5, 5.41) is 1.32. The van der Waals surface area contributed by atoms with Gasteiger partial charge in [-0.25, -0.2) is 18.2 Å². The number of ketones is 1. The molecule has 4 aromatic rings. The van der Waals surface area contributed by atoms with E-state index in [1.807, 2.05) is 0 Å². The number of alkyl halides is 2. The minimum absolute atomic E-state index is 0.0711. The molecule has 9 heteroatoms. The van der Waals surface area contributed by atoms with Gasteiger partial charge in [-0.15, -0.1) is 11.3 Å². The number of Topliss-reactive ketones (excluding diaryl/α,β-unsaturated/α-hetero) is 1. The SMILES string of the molecule is Cc1cc2c(C(=O)CCC3CCC(F)(F)CN3C(=O)c3nc(C)sc3-c3ccc(F)cc3)cccc2o1. The van der Waals surface area contributed by atoms with E-state index in [1.165, 1.54) is 40.5 Å². The molecule has 0 radical (unpaired) electrons. The van der Waals surface area contributed by atoms with Crippen LogP contribution in [-0.2, 0) is 0 Å². The predicted molar refractivity (Wildman–Crippen MR) is 136 cm³/mol. The summed E-state index contributed by atoms with van der Waals surface area (Å²) >= 11 is 1.25. The van der Waals surface area contributed by atoms with Gasteiger partial charge in [0.1, 0.15) is 22.9 Å². The van der Waals surface area contributed by atoms with Crippen molar-refractivity contribution in [2.45, 2.75) is 51.5 Å². The van der Waals surface area contributed by atoms with E-state index in [2.05, 4.69) is 4.98 Å². The summed E-state index contributed by atoms with van der Waals surface area (Å²) in [7, 11) is 0. The Bertz CT molecular complexity index is 1480. The number of nitrogens with zero attached hydrogens (tertiary/aromatic N) is 2. The molecule has 0 aliphatic carbocycles. The molecule has 0 saturated carbocycles. The lowest BCUT2D eigenvalue weighted by atomic mass is 9.92. The third-order valence-corrected chi connectivity index (χ3v) is 7.70. The molecule has 192 valence electrons. The van der Waals surface area contributed by atoms with E-state index in [0.717, 1.165) is 5.39 Å². The first-order chi connectivity index (χ1) is 17.6. The van der Waals surface area contributed by atoms with Gasteiger partial charge >= 0.3 is 0 Å². The molecule has 1 fully saturated rings. The van der Waals surface area contributed by atoms with Gasteiger partial charge in [0.2, 0.25) is 0 Å². The number of rotatable bonds is 6. The van der Waals surface area contributed by atoms with Gasteiger partial charge in [-0.2, -0.15) is 0 Å². The molecule has 1 aliphatic rings. The molecule has 2 aromatic carbocycles. The minimum atomic E-state index is -3.03. The van der Waals surface area contributed by atoms with Gasteiger partial charge < -0.3 is 9.32 Å². The van der Waals surface area contributed by atoms with Crippen molar-refractivity contribution in [3.8, 4) is 10.4 Å². The summed E-state index contributed by atoms with van der Waals surface area (Å²) in [5.41, 5.74) is 1.79. The maximum atomic E-state index is 14.5. The van der Waals surface area contributed by atoms with Crippen LogP contribution in [0.3, 0.4) is 0 Å². The number of likely N-dealkylation sites (tertiary alicyclic amines) is 1. The van der Waals surface area contributed by atoms with Gasteiger partial charge in [-0.05, 0) is 56.5 Å². The maximum absolute atomic E-state index is 14.5. The van der Waals surface area contributed by atoms with Crippen molar-refractivity contribution >= 4 is 34.0 Å². The van der Waals surface area contributed by atoms with E-state index < -0.39 is 30.2 Å². The Hall–Kier alpha value is -3.46. The first-order valence-corrected chi connectivity index (χ1v) is 12.9. The van der Waals surface area contributed by atoms with Gasteiger partial charge in [0.15, 0.2) is 5.78 Å². The predicted octanol–water partition coefficient (Wildman–Crippen LogP) is 7.22. The lowest BCUT2D eigenvalue weighted by molar-refractivity contribution is -0.0730. The van der Waals surface area contributed by atoms with E-state index >= 15 is 0 Å². The molecule has 1 amide bonds. The summed E-state index contributed by atoms with van der Waals surface area (Å²) < 4.78 is 48.0. The lowest BCUT2D eigenvalue weighted by Crippen LogP contribution is -2.51. The molecular formula is C28H25F3N2O3S. The fourth-order valence-electron chi connectivity index (χ4n) is 4.90. The molecule has 2 aromatic heterocycles. The third kappa shape index (κ3) is 5.18. The van der Waals surface area contributed by atoms with Gasteiger partial charge in [-0.3, -0.25) is 9.59 Å². The Morgan fingerprint density at radius 2 is 1.92 bits per heavy atom. The van der Waals surface area contributed by atoms with Crippen molar-refractivity contribution in [3.63, 3.8) is 0 Å². The minimum Gasteiger partial charge on any atom is -0.461 e. The van der Waals surface area contributed by atoms with E-state index in [0.29, 0.717) is 32.4 Å². The van der Waals surface area contributed by atoms with Crippen LogP contribution in [0.2, 0.25) is 0 Å². The van der Waals surface area contributed by atoms with Crippen molar-refractivity contribution in [1.82, 2.24) is 9.88 Å². The Balaban J connectivity index is 1.40. The second-order valence-corrected chi connectivity index (χ2v) is 10.6. The second-order valence-electron chi connectivity index (χ2n) is 9.44. The first-order valence-electron chi connectivity index (χ1n) is 12.1. The lowest BCUT2D eigenvalue weighted by Gasteiger charge is -2.39. The normalized spacial score (nSPS) is 17.3. The van der Waals surface area contributed by atoms with Crippen molar-refractivity contribution in [3.05, 3.63) is 76.4 Å². The summed E-state index contributed by atoms with van der Waals surface area (Å²) in [6.45, 7) is 2.80. The number of hydrogen-bond donors (Lipinski definition) is 0. The van der Waals surface area contributed by atoms with Gasteiger partial charge in [0, 0.05) is 29.8 Å². The van der Waals surface area contributed by atoms with E-state index in [4.69, 9.17) is 4.42 Å². The molecule has 1 atom stereocenters. The molecule has 1 aliphatic heterocycles. The summed E-state index contributed by atoms with van der Waals surface area (Å²) in [6.07, 6.45) is 0.0796. The highest BCUT2D eigenvalue weighted by molar-refractivity contribution is 7.15. The number of aromatic nitrogens is 1. The molecule has 0 spiro atoms. The average Bonchev–Trinajstić information content (AvgIpc) is 3.44. The van der Waals surface area contributed by atoms with Crippen LogP contribution in [0.5, 0.6) is 0 Å². The summed E-state index contributed by atoms with van der Waals surface area (Å²) in [6, 6.07) is 12.2. The standard InChI is InChI=1S/C28H25F3N2O3S/c1-16-14-22-21(4-3-5-24(22)36-16)23(34)11-10-20-12-13-28(30,31)15-33(20)27(35)25-26(37-17(2)32-25)18-6-8-19(29)9-7-18/h3-9,14,20H,10-13,15H2,1-2H3. The molecular weight excluding hydrogens is 501 g/mol. The number of benzene rings is 2. The van der Waals surface area contributed by atoms with Crippen LogP contribution in [0.25, 0.3) is 21.4 Å². The van der Waals surface area contributed by atoms with Gasteiger partial charge in [0.25, 0.3) is 11.8 Å². The number of aryl methyl sites for hydroxylation is 2. The Labute approximate surface area is 215 Å². The van der Waals surface area contributed by atoms with Crippen LogP contribution in [0.15, 0.2) is 52.9 Å². The number of piperidine rings is 1. The van der Waals surface area contributed by atoms with Crippen LogP contribution in [-0.4, -0.2) is 40.1 Å². The average molecular weight is 527 g/mol. The number of carbonyl (C=O) groups is 2. The molecule has 5 rings (SSSR count). The molecule has 0 N–H and O–H groups in total. The van der Waals surface area contributed by atoms with Crippen LogP contribution in [0.1, 0.15) is 57.3 Å². The number of thiazole rings is 1. The molecule has 5 nitrogen and oxygen atoms in total. The summed E-state index contributed by atoms with van der Waals surface area (Å²) in [5.74, 6) is -3.49. The van der Waals surface area contributed by atoms with E-state index in [1.54, 1.807) is 38.1 Å². The van der Waals surface area contributed by atoms with Crippen LogP contribution in [0.4, 0.5) is 13.2 Å². The van der Waals surface area contributed by atoms with Crippen molar-refractivity contribution in [1.29, 1.82) is 0 Å². The molecule has 1 unspecified atom stereocenters. The first kappa shape index (κ1) is 25.2. The zero-order valence-electron chi connectivity index (χ0n) is 20.4. The van der Waals surface area contributed by atoms with Crippen molar-refractivity contribution in [2.24, 2.45) is 0 Å². The van der Waals surface area contributed by atoms with Crippen LogP contribution >= 0.6 is 11.3 Å². The highest BCUT2D eigenvalue weighted by Gasteiger charge is 2.43. The van der Waals surface area contributed by atoms with Crippen LogP contribution < -0.4 is 0 Å². The monoisotopic (exact) mass is 526 g/mol. The van der Waals surface area contributed by atoms with Crippen LogP contribution in [0, 0.1) is 19.7 Å². The fraction of sp³-hybridized carbons (Fsp3) is 0.321. The molecule has 37 heavy (non-hydrogen) atoms. The Morgan fingerprint density at radius 1 is 1.16 bits per heavy atom. The second kappa shape index (κ2) is 9.78. The number of hydrogen-bond acceptors (Lipinski definition) is 5. The Morgan fingerprint density at radius 3 is 2.68 bits per heavy atom. The largest absolute Gasteiger partial charge is 0.461 e.